The maximum atomic E-state index is 12.5. The lowest BCUT2D eigenvalue weighted by Gasteiger charge is -2.29. The number of carbonyl (C=O) groups is 1. The summed E-state index contributed by atoms with van der Waals surface area (Å²) in [5.41, 5.74) is 8.81. The van der Waals surface area contributed by atoms with Gasteiger partial charge in [-0.25, -0.2) is 0 Å². The van der Waals surface area contributed by atoms with Crippen LogP contribution in [0.25, 0.3) is 0 Å². The van der Waals surface area contributed by atoms with Crippen LogP contribution in [-0.4, -0.2) is 29.4 Å². The maximum Gasteiger partial charge on any atom is 0.225 e. The SMILES string of the molecule is CC(Cc1ccc(CC2(N)CC2)cc1)C(=O)N1CCCCC1. The van der Waals surface area contributed by atoms with Crippen LogP contribution in [0.3, 0.4) is 0 Å². The van der Waals surface area contributed by atoms with Gasteiger partial charge in [-0.1, -0.05) is 31.2 Å². The molecule has 1 aliphatic heterocycles. The summed E-state index contributed by atoms with van der Waals surface area (Å²) in [5, 5.41) is 0. The van der Waals surface area contributed by atoms with Gasteiger partial charge in [0.25, 0.3) is 0 Å². The Morgan fingerprint density at radius 3 is 2.32 bits per heavy atom. The first-order valence-electron chi connectivity index (χ1n) is 8.71. The van der Waals surface area contributed by atoms with E-state index in [1.54, 1.807) is 0 Å². The predicted molar refractivity (Wildman–Crippen MR) is 89.6 cm³/mol. The van der Waals surface area contributed by atoms with Gasteiger partial charge < -0.3 is 10.6 Å². The van der Waals surface area contributed by atoms with Gasteiger partial charge in [-0.05, 0) is 56.1 Å². The second kappa shape index (κ2) is 6.41. The highest BCUT2D eigenvalue weighted by Gasteiger charge is 2.37. The van der Waals surface area contributed by atoms with Crippen molar-refractivity contribution in [1.29, 1.82) is 0 Å². The van der Waals surface area contributed by atoms with Crippen LogP contribution < -0.4 is 5.73 Å². The lowest BCUT2D eigenvalue weighted by molar-refractivity contribution is -0.135. The minimum atomic E-state index is 0.0685. The molecule has 2 N–H and O–H groups in total. The van der Waals surface area contributed by atoms with Gasteiger partial charge in [0.05, 0.1) is 0 Å². The first-order chi connectivity index (χ1) is 10.6. The molecular formula is C19H28N2O. The molecule has 0 aromatic heterocycles. The molecular weight excluding hydrogens is 272 g/mol. The minimum Gasteiger partial charge on any atom is -0.342 e. The zero-order valence-corrected chi connectivity index (χ0v) is 13.7. The number of nitrogens with two attached hydrogens (primary N) is 1. The van der Waals surface area contributed by atoms with E-state index in [4.69, 9.17) is 5.73 Å². The third-order valence-corrected chi connectivity index (χ3v) is 5.10. The second-order valence-electron chi connectivity index (χ2n) is 7.35. The van der Waals surface area contributed by atoms with Gasteiger partial charge in [0.1, 0.15) is 0 Å². The summed E-state index contributed by atoms with van der Waals surface area (Å²) in [6, 6.07) is 8.70. The average Bonchev–Trinajstić information content (AvgIpc) is 3.26. The molecule has 1 aliphatic carbocycles. The highest BCUT2D eigenvalue weighted by molar-refractivity contribution is 5.78. The van der Waals surface area contributed by atoms with E-state index in [-0.39, 0.29) is 11.5 Å². The molecule has 22 heavy (non-hydrogen) atoms. The Balaban J connectivity index is 1.54. The summed E-state index contributed by atoms with van der Waals surface area (Å²) in [7, 11) is 0. The summed E-state index contributed by atoms with van der Waals surface area (Å²) in [5.74, 6) is 0.399. The van der Waals surface area contributed by atoms with Gasteiger partial charge in [-0.2, -0.15) is 0 Å². The van der Waals surface area contributed by atoms with Crippen molar-refractivity contribution in [3.05, 3.63) is 35.4 Å². The number of hydrogen-bond acceptors (Lipinski definition) is 2. The van der Waals surface area contributed by atoms with Crippen LogP contribution in [0.15, 0.2) is 24.3 Å². The molecule has 0 bridgehead atoms. The number of carbonyl (C=O) groups excluding carboxylic acids is 1. The Hall–Kier alpha value is -1.35. The molecule has 1 unspecified atom stereocenters. The number of rotatable bonds is 5. The molecule has 1 aromatic rings. The fourth-order valence-corrected chi connectivity index (χ4v) is 3.40. The quantitative estimate of drug-likeness (QED) is 0.909. The molecule has 1 saturated heterocycles. The van der Waals surface area contributed by atoms with E-state index in [0.717, 1.165) is 51.6 Å². The molecule has 0 radical (unpaired) electrons. The van der Waals surface area contributed by atoms with Gasteiger partial charge in [-0.3, -0.25) is 4.79 Å². The molecule has 3 nitrogen and oxygen atoms in total. The van der Waals surface area contributed by atoms with Crippen LogP contribution in [0.5, 0.6) is 0 Å². The van der Waals surface area contributed by atoms with E-state index in [9.17, 15) is 4.79 Å². The van der Waals surface area contributed by atoms with Gasteiger partial charge >= 0.3 is 0 Å². The number of benzene rings is 1. The van der Waals surface area contributed by atoms with Gasteiger partial charge in [-0.15, -0.1) is 0 Å². The van der Waals surface area contributed by atoms with Gasteiger partial charge in [0.15, 0.2) is 0 Å². The van der Waals surface area contributed by atoms with Gasteiger partial charge in [0, 0.05) is 24.5 Å². The predicted octanol–water partition coefficient (Wildman–Crippen LogP) is 2.91. The molecule has 1 heterocycles. The number of amides is 1. The molecule has 3 rings (SSSR count). The summed E-state index contributed by atoms with van der Waals surface area (Å²) >= 11 is 0. The molecule has 1 aromatic carbocycles. The van der Waals surface area contributed by atoms with Crippen LogP contribution in [0.4, 0.5) is 0 Å². The van der Waals surface area contributed by atoms with Crippen molar-refractivity contribution in [1.82, 2.24) is 4.90 Å². The van der Waals surface area contributed by atoms with Crippen molar-refractivity contribution in [2.24, 2.45) is 11.7 Å². The largest absolute Gasteiger partial charge is 0.342 e. The van der Waals surface area contributed by atoms with E-state index >= 15 is 0 Å². The Morgan fingerprint density at radius 1 is 1.14 bits per heavy atom. The third kappa shape index (κ3) is 3.89. The van der Waals surface area contributed by atoms with Crippen LogP contribution in [0, 0.1) is 5.92 Å². The van der Waals surface area contributed by atoms with Crippen LogP contribution in [-0.2, 0) is 17.6 Å². The van der Waals surface area contributed by atoms with Crippen molar-refractivity contribution in [3.63, 3.8) is 0 Å². The monoisotopic (exact) mass is 300 g/mol. The smallest absolute Gasteiger partial charge is 0.225 e. The summed E-state index contributed by atoms with van der Waals surface area (Å²) in [6.45, 7) is 3.95. The molecule has 1 amide bonds. The zero-order valence-electron chi connectivity index (χ0n) is 13.7. The Bertz CT molecular complexity index is 513. The van der Waals surface area contributed by atoms with Crippen LogP contribution in [0.2, 0.25) is 0 Å². The van der Waals surface area contributed by atoms with E-state index in [2.05, 4.69) is 31.2 Å². The summed E-state index contributed by atoms with van der Waals surface area (Å²) in [6.07, 6.45) is 7.70. The highest BCUT2D eigenvalue weighted by Crippen LogP contribution is 2.35. The van der Waals surface area contributed by atoms with Crippen LogP contribution >= 0.6 is 0 Å². The van der Waals surface area contributed by atoms with E-state index < -0.39 is 0 Å². The molecule has 120 valence electrons. The summed E-state index contributed by atoms with van der Waals surface area (Å²) in [4.78, 5) is 14.5. The first kappa shape index (κ1) is 15.5. The van der Waals surface area contributed by atoms with Crippen molar-refractivity contribution < 1.29 is 4.79 Å². The molecule has 3 heteroatoms. The summed E-state index contributed by atoms with van der Waals surface area (Å²) < 4.78 is 0. The van der Waals surface area contributed by atoms with Crippen molar-refractivity contribution >= 4 is 5.91 Å². The van der Waals surface area contributed by atoms with Crippen LogP contribution in [0.1, 0.15) is 50.2 Å². The maximum absolute atomic E-state index is 12.5. The Kier molecular flexibility index (Phi) is 4.53. The van der Waals surface area contributed by atoms with E-state index in [1.165, 1.54) is 17.5 Å². The fourth-order valence-electron chi connectivity index (χ4n) is 3.40. The van der Waals surface area contributed by atoms with Crippen molar-refractivity contribution in [2.45, 2.75) is 57.4 Å². The first-order valence-corrected chi connectivity index (χ1v) is 8.71. The second-order valence-corrected chi connectivity index (χ2v) is 7.35. The highest BCUT2D eigenvalue weighted by atomic mass is 16.2. The zero-order chi connectivity index (χ0) is 15.6. The number of likely N-dealkylation sites (tertiary alicyclic amines) is 1. The van der Waals surface area contributed by atoms with E-state index in [1.807, 2.05) is 4.90 Å². The van der Waals surface area contributed by atoms with Gasteiger partial charge in [0.2, 0.25) is 5.91 Å². The lowest BCUT2D eigenvalue weighted by Crippen LogP contribution is -2.39. The molecule has 0 spiro atoms. The number of hydrogen-bond donors (Lipinski definition) is 1. The minimum absolute atomic E-state index is 0.0685. The number of piperidine rings is 1. The Morgan fingerprint density at radius 2 is 1.73 bits per heavy atom. The normalized spacial score (nSPS) is 21.5. The standard InChI is InChI=1S/C19H28N2O/c1-15(18(22)21-11-3-2-4-12-21)13-16-5-7-17(8-6-16)14-19(20)9-10-19/h5-8,15H,2-4,9-14,20H2,1H3. The third-order valence-electron chi connectivity index (χ3n) is 5.10. The Labute approximate surface area is 133 Å². The topological polar surface area (TPSA) is 46.3 Å². The average molecular weight is 300 g/mol. The molecule has 2 aliphatic rings. The molecule has 1 saturated carbocycles. The number of nitrogens with zero attached hydrogens (tertiary/aromatic N) is 1. The molecule has 1 atom stereocenters. The fraction of sp³-hybridized carbons (Fsp3) is 0.632. The van der Waals surface area contributed by atoms with E-state index in [0.29, 0.717) is 5.91 Å². The van der Waals surface area contributed by atoms with Crippen molar-refractivity contribution in [2.75, 3.05) is 13.1 Å². The van der Waals surface area contributed by atoms with Crippen molar-refractivity contribution in [3.8, 4) is 0 Å². The lowest BCUT2D eigenvalue weighted by atomic mass is 9.96. The molecule has 2 fully saturated rings.